The predicted octanol–water partition coefficient (Wildman–Crippen LogP) is 9.29. The highest BCUT2D eigenvalue weighted by molar-refractivity contribution is 7.99. The van der Waals surface area contributed by atoms with Crippen LogP contribution in [-0.4, -0.2) is 133 Å². The van der Waals surface area contributed by atoms with E-state index in [0.717, 1.165) is 22.6 Å². The number of dihydropyridines is 1. The van der Waals surface area contributed by atoms with Gasteiger partial charge < -0.3 is 39.5 Å². The molecule has 9 heterocycles. The van der Waals surface area contributed by atoms with Gasteiger partial charge in [-0.05, 0) is 118 Å². The molecule has 0 spiro atoms. The molecule has 1 unspecified atom stereocenters. The summed E-state index contributed by atoms with van der Waals surface area (Å²) < 4.78 is 88.2. The molecule has 0 aliphatic carbocycles. The Morgan fingerprint density at radius 2 is 1.07 bits per heavy atom. The number of alkyl halides is 6. The largest absolute Gasteiger partial charge is 0.489 e. The fraction of sp³-hybridized carbons (Fsp3) is 0.250. The van der Waals surface area contributed by atoms with E-state index in [-0.39, 0.29) is 38.2 Å². The van der Waals surface area contributed by atoms with Crippen LogP contribution in [0.1, 0.15) is 28.5 Å². The number of pyridine rings is 3. The van der Waals surface area contributed by atoms with Crippen molar-refractivity contribution in [2.45, 2.75) is 63.5 Å². The number of methoxy groups -OCH3 is 3. The van der Waals surface area contributed by atoms with Crippen LogP contribution in [0.5, 0.6) is 11.8 Å². The topological polar surface area (TPSA) is 308 Å². The lowest BCUT2D eigenvalue weighted by Gasteiger charge is -2.16. The minimum Gasteiger partial charge on any atom is -0.481 e. The van der Waals surface area contributed by atoms with Gasteiger partial charge in [0.15, 0.2) is 10.3 Å². The van der Waals surface area contributed by atoms with Gasteiger partial charge in [0.1, 0.15) is 11.4 Å². The van der Waals surface area contributed by atoms with E-state index in [1.807, 2.05) is 24.0 Å². The van der Waals surface area contributed by atoms with Crippen molar-refractivity contribution in [3.8, 4) is 45.5 Å². The van der Waals surface area contributed by atoms with E-state index in [2.05, 4.69) is 65.1 Å². The second-order valence-corrected chi connectivity index (χ2v) is 20.0. The van der Waals surface area contributed by atoms with Gasteiger partial charge in [0.25, 0.3) is 5.56 Å². The molecule has 0 amide bonds. The third-order valence-electron chi connectivity index (χ3n) is 9.91. The van der Waals surface area contributed by atoms with Crippen LogP contribution in [0.15, 0.2) is 134 Å². The SMILES string of the molecule is COC1C=CC(B(O)O)=CN1.COc1ccc(-c2cc(C)nc(Cl)n2)cn1.COc1ccc(-c2cc(C)nc(SCC(F)(F)F)n2)cn1.Cc1cc(-c2ccc(=O)[nH]c2)nc(SCC(F)(F)F)n1.Cc1cc(=O)[nH]c(=O)[nH]1.Cc1cc(Cl)nc(Cl)n1. The van der Waals surface area contributed by atoms with E-state index in [1.54, 1.807) is 109 Å². The van der Waals surface area contributed by atoms with Crippen LogP contribution in [0.4, 0.5) is 26.3 Å². The summed E-state index contributed by atoms with van der Waals surface area (Å²) >= 11 is 17.8. The number of aromatic nitrogens is 13. The van der Waals surface area contributed by atoms with Crippen LogP contribution in [0.25, 0.3) is 33.8 Å². The number of aromatic amines is 3. The number of halogens is 9. The quantitative estimate of drug-likeness (QED) is 0.0231. The lowest BCUT2D eigenvalue weighted by Crippen LogP contribution is -2.29. The zero-order chi connectivity index (χ0) is 63.7. The van der Waals surface area contributed by atoms with Gasteiger partial charge in [-0.3, -0.25) is 14.6 Å². The van der Waals surface area contributed by atoms with Crippen LogP contribution < -0.4 is 31.6 Å². The van der Waals surface area contributed by atoms with Crippen molar-refractivity contribution >= 4 is 65.4 Å². The normalized spacial score (nSPS) is 12.3. The van der Waals surface area contributed by atoms with E-state index in [9.17, 15) is 40.7 Å². The zero-order valence-corrected chi connectivity index (χ0v) is 50.3. The summed E-state index contributed by atoms with van der Waals surface area (Å²) in [6.07, 6.45) is 0.841. The average molecular weight is 1300 g/mol. The number of hydrogen-bond acceptors (Lipinski definition) is 21. The summed E-state index contributed by atoms with van der Waals surface area (Å²) in [4.78, 5) is 78.7. The smallest absolute Gasteiger partial charge is 0.481 e. The van der Waals surface area contributed by atoms with Crippen LogP contribution in [0.2, 0.25) is 15.7 Å². The Balaban J connectivity index is 0.000000228. The van der Waals surface area contributed by atoms with Crippen molar-refractivity contribution in [2.75, 3.05) is 32.8 Å². The molecule has 0 fully saturated rings. The molecule has 6 N–H and O–H groups in total. The van der Waals surface area contributed by atoms with Crippen LogP contribution in [0, 0.1) is 34.6 Å². The first-order valence-electron chi connectivity index (χ1n) is 24.3. The summed E-state index contributed by atoms with van der Waals surface area (Å²) in [6, 6.07) is 18.1. The van der Waals surface area contributed by atoms with Crippen LogP contribution in [-0.2, 0) is 4.74 Å². The van der Waals surface area contributed by atoms with Crippen molar-refractivity contribution in [3.05, 3.63) is 185 Å². The number of ether oxygens (including phenoxy) is 3. The Kier molecular flexibility index (Phi) is 28.3. The third-order valence-corrected chi connectivity index (χ3v) is 12.3. The number of aryl methyl sites for hydroxylation is 5. The van der Waals surface area contributed by atoms with Crippen LogP contribution in [0.3, 0.4) is 0 Å². The van der Waals surface area contributed by atoms with Crippen LogP contribution >= 0.6 is 58.3 Å². The molecule has 86 heavy (non-hydrogen) atoms. The van der Waals surface area contributed by atoms with E-state index < -0.39 is 36.7 Å². The van der Waals surface area contributed by atoms with Crippen molar-refractivity contribution in [1.82, 2.24) is 70.1 Å². The number of thioether (sulfide) groups is 2. The standard InChI is InChI=1S/C13H12F3N3OS.C12H10F3N3OS.C11H10ClN3O.C6H10BNO3.C5H4Cl2N2.C5H6N2O2/c1-8-5-10(9-3-4-11(20-2)17-6-9)19-12(18-8)21-7-13(14,15)16;1-7-4-9(8-2-3-10(19)16-5-8)18-11(17-7)20-6-12(13,14)15;1-7-5-9(15-11(12)14-7)8-3-4-10(16-2)13-6-8;1-11-6-3-2-5(4-8-6)7(9)10;1-3-2-4(6)9-5(7)8-3;1-3-2-4(8)7-5(9)6-3/h3-6H,7H2,1-2H3;2-5H,6H2,1H3,(H,16,19);3-6H,1-2H3;2-4,6,8-10H,1H3;2H,1H3;2H,1H3,(H2,6,7,8,9). The van der Waals surface area contributed by atoms with Crippen molar-refractivity contribution in [1.29, 1.82) is 0 Å². The number of nitrogens with one attached hydrogen (secondary N) is 4. The molecule has 0 aromatic carbocycles. The number of allylic oxidation sites excluding steroid dienone is 2. The molecular weight excluding hydrogens is 1240 g/mol. The van der Waals surface area contributed by atoms with Gasteiger partial charge in [-0.15, -0.1) is 0 Å². The summed E-state index contributed by atoms with van der Waals surface area (Å²) in [5.41, 5.74) is 6.63. The minimum absolute atomic E-state index is 0.0588. The summed E-state index contributed by atoms with van der Waals surface area (Å²) in [6.45, 7) is 8.71. The number of H-pyrrole nitrogens is 3. The Morgan fingerprint density at radius 1 is 0.593 bits per heavy atom. The van der Waals surface area contributed by atoms with Gasteiger partial charge in [-0.1, -0.05) is 41.2 Å². The molecule has 1 aliphatic rings. The van der Waals surface area contributed by atoms with Gasteiger partial charge in [0.2, 0.25) is 27.9 Å². The van der Waals surface area contributed by atoms with E-state index >= 15 is 0 Å². The average Bonchev–Trinajstić information content (AvgIpc) is 3.03. The first-order chi connectivity index (χ1) is 40.5. The van der Waals surface area contributed by atoms with Gasteiger partial charge in [-0.2, -0.15) is 26.3 Å². The lowest BCUT2D eigenvalue weighted by molar-refractivity contribution is -0.106. The molecule has 0 bridgehead atoms. The number of nitrogens with zero attached hydrogens (tertiary/aromatic N) is 10. The molecular formula is C52H52BCl3F6N14O8S2. The molecule has 34 heteroatoms. The van der Waals surface area contributed by atoms with Gasteiger partial charge >= 0.3 is 25.2 Å². The highest BCUT2D eigenvalue weighted by Crippen LogP contribution is 2.29. The maximum absolute atomic E-state index is 12.2. The monoisotopic (exact) mass is 1290 g/mol. The van der Waals surface area contributed by atoms with Gasteiger partial charge in [0.05, 0.1) is 42.8 Å². The Bertz CT molecular complexity index is 3610. The molecule has 1 aliphatic heterocycles. The molecule has 9 rings (SSSR count). The summed E-state index contributed by atoms with van der Waals surface area (Å²) in [7, 11) is 3.23. The molecule has 456 valence electrons. The Morgan fingerprint density at radius 3 is 1.44 bits per heavy atom. The van der Waals surface area contributed by atoms with Crippen molar-refractivity contribution in [2.24, 2.45) is 0 Å². The summed E-state index contributed by atoms with van der Waals surface area (Å²) in [5, 5.41) is 21.2. The fourth-order valence-electron chi connectivity index (χ4n) is 6.23. The number of hydrogen-bond donors (Lipinski definition) is 6. The molecule has 0 saturated carbocycles. The maximum Gasteiger partial charge on any atom is 0.489 e. The first kappa shape index (κ1) is 70.7. The lowest BCUT2D eigenvalue weighted by atomic mass is 9.79. The second kappa shape index (κ2) is 34.4. The van der Waals surface area contributed by atoms with E-state index in [1.165, 1.54) is 31.6 Å². The zero-order valence-electron chi connectivity index (χ0n) is 46.4. The molecule has 0 radical (unpaired) electrons. The molecule has 22 nitrogen and oxygen atoms in total. The molecule has 0 saturated heterocycles. The Hall–Kier alpha value is -7.78. The highest BCUT2D eigenvalue weighted by atomic mass is 35.5. The molecule has 8 aromatic rings. The van der Waals surface area contributed by atoms with E-state index in [0.29, 0.717) is 85.5 Å². The molecule has 1 atom stereocenters. The third kappa shape index (κ3) is 27.1. The predicted molar refractivity (Wildman–Crippen MR) is 315 cm³/mol. The van der Waals surface area contributed by atoms with Gasteiger partial charge in [0, 0.05) is 95.1 Å². The maximum atomic E-state index is 12.2. The summed E-state index contributed by atoms with van der Waals surface area (Å²) in [5.74, 6) is -1.03. The fourth-order valence-corrected chi connectivity index (χ4v) is 8.29. The number of rotatable bonds is 11. The Labute approximate surface area is 510 Å². The second-order valence-electron chi connectivity index (χ2n) is 17.0. The molecule has 8 aromatic heterocycles. The minimum atomic E-state index is -4.27. The van der Waals surface area contributed by atoms with Crippen molar-refractivity contribution < 1.29 is 50.6 Å². The van der Waals surface area contributed by atoms with Crippen molar-refractivity contribution in [3.63, 3.8) is 0 Å². The first-order valence-corrected chi connectivity index (χ1v) is 27.4. The highest BCUT2D eigenvalue weighted by Gasteiger charge is 2.29. The van der Waals surface area contributed by atoms with Gasteiger partial charge in [-0.25, -0.2) is 54.6 Å². The van der Waals surface area contributed by atoms with E-state index in [4.69, 9.17) is 59.1 Å².